The molecule has 8 heteroatoms. The summed E-state index contributed by atoms with van der Waals surface area (Å²) in [6.45, 7) is 0.0101. The number of rotatable bonds is 6. The lowest BCUT2D eigenvalue weighted by atomic mass is 10.3. The summed E-state index contributed by atoms with van der Waals surface area (Å²) >= 11 is 11.6. The van der Waals surface area contributed by atoms with E-state index in [1.807, 2.05) is 0 Å². The van der Waals surface area contributed by atoms with Gasteiger partial charge in [-0.2, -0.15) is 0 Å². The number of carboxylic acids is 1. The molecule has 0 amide bonds. The predicted octanol–water partition coefficient (Wildman–Crippen LogP) is 2.14. The summed E-state index contributed by atoms with van der Waals surface area (Å²) < 4.78 is 26.0. The molecule has 0 fully saturated rings. The van der Waals surface area contributed by atoms with Crippen molar-refractivity contribution in [3.05, 3.63) is 28.2 Å². The van der Waals surface area contributed by atoms with Gasteiger partial charge in [0.15, 0.2) is 0 Å². The topological polar surface area (TPSA) is 83.5 Å². The predicted molar refractivity (Wildman–Crippen MR) is 68.5 cm³/mol. The first-order valence-electron chi connectivity index (χ1n) is 5.00. The van der Waals surface area contributed by atoms with Gasteiger partial charge in [0.1, 0.15) is 4.90 Å². The van der Waals surface area contributed by atoms with E-state index >= 15 is 0 Å². The number of halogens is 2. The lowest BCUT2D eigenvalue weighted by Crippen LogP contribution is -2.25. The molecule has 100 valence electrons. The zero-order valence-electron chi connectivity index (χ0n) is 9.19. The smallest absolute Gasteiger partial charge is 0.303 e. The molecule has 2 N–H and O–H groups in total. The second-order valence-corrected chi connectivity index (χ2v) is 5.96. The standard InChI is InChI=1S/C10H11Cl2NO4S/c11-7-3-1-4-8(12)10(7)18(16,17)13-6-2-5-9(14)15/h1,3-4,13H,2,5-6H2,(H,14,15). The van der Waals surface area contributed by atoms with Gasteiger partial charge in [0.25, 0.3) is 0 Å². The molecule has 0 unspecified atom stereocenters. The summed E-state index contributed by atoms with van der Waals surface area (Å²) in [6.07, 6.45) is 0.0788. The number of carbonyl (C=O) groups is 1. The Morgan fingerprint density at radius 3 is 2.33 bits per heavy atom. The molecule has 0 aliphatic heterocycles. The van der Waals surface area contributed by atoms with Crippen LogP contribution in [0.4, 0.5) is 0 Å². The molecule has 0 atom stereocenters. The molecular weight excluding hydrogens is 301 g/mol. The average Bonchev–Trinajstić information content (AvgIpc) is 2.23. The summed E-state index contributed by atoms with van der Waals surface area (Å²) in [5, 5.41) is 8.47. The van der Waals surface area contributed by atoms with Gasteiger partial charge in [-0.15, -0.1) is 0 Å². The van der Waals surface area contributed by atoms with E-state index < -0.39 is 16.0 Å². The van der Waals surface area contributed by atoms with Gasteiger partial charge < -0.3 is 5.11 Å². The third-order valence-corrected chi connectivity index (χ3v) is 4.46. The molecule has 1 rings (SSSR count). The molecule has 0 heterocycles. The van der Waals surface area contributed by atoms with Gasteiger partial charge in [-0.1, -0.05) is 29.3 Å². The van der Waals surface area contributed by atoms with E-state index in [-0.39, 0.29) is 34.3 Å². The van der Waals surface area contributed by atoms with Crippen LogP contribution in [-0.4, -0.2) is 26.0 Å². The Hall–Kier alpha value is -0.820. The maximum atomic E-state index is 11.9. The normalized spacial score (nSPS) is 11.4. The van der Waals surface area contributed by atoms with E-state index in [9.17, 15) is 13.2 Å². The quantitative estimate of drug-likeness (QED) is 0.788. The molecule has 5 nitrogen and oxygen atoms in total. The Morgan fingerprint density at radius 1 is 1.28 bits per heavy atom. The van der Waals surface area contributed by atoms with Gasteiger partial charge in [0, 0.05) is 13.0 Å². The van der Waals surface area contributed by atoms with Crippen LogP contribution in [0.3, 0.4) is 0 Å². The number of hydrogen-bond acceptors (Lipinski definition) is 3. The molecule has 0 spiro atoms. The Labute approximate surface area is 115 Å². The number of sulfonamides is 1. The maximum absolute atomic E-state index is 11.9. The second-order valence-electron chi connectivity index (χ2n) is 3.45. The number of carboxylic acid groups (broad SMARTS) is 1. The van der Waals surface area contributed by atoms with Crippen molar-refractivity contribution in [1.29, 1.82) is 0 Å². The first-order valence-corrected chi connectivity index (χ1v) is 7.24. The van der Waals surface area contributed by atoms with E-state index in [4.69, 9.17) is 28.3 Å². The fraction of sp³-hybridized carbons (Fsp3) is 0.300. The van der Waals surface area contributed by atoms with Gasteiger partial charge in [-0.25, -0.2) is 13.1 Å². The minimum absolute atomic E-state index is 0.0101. The van der Waals surface area contributed by atoms with Crippen LogP contribution in [0.5, 0.6) is 0 Å². The third-order valence-electron chi connectivity index (χ3n) is 2.05. The van der Waals surface area contributed by atoms with E-state index in [1.54, 1.807) is 0 Å². The molecule has 0 bridgehead atoms. The van der Waals surface area contributed by atoms with Crippen molar-refractivity contribution in [1.82, 2.24) is 4.72 Å². The number of nitrogens with one attached hydrogen (secondary N) is 1. The van der Waals surface area contributed by atoms with Gasteiger partial charge in [0.2, 0.25) is 10.0 Å². The molecule has 1 aromatic carbocycles. The lowest BCUT2D eigenvalue weighted by Gasteiger charge is -2.09. The number of benzene rings is 1. The van der Waals surface area contributed by atoms with Crippen LogP contribution in [0.1, 0.15) is 12.8 Å². The Kier molecular flexibility index (Phi) is 5.40. The molecule has 0 aliphatic carbocycles. The molecule has 0 saturated carbocycles. The van der Waals surface area contributed by atoms with Crippen molar-refractivity contribution in [3.63, 3.8) is 0 Å². The highest BCUT2D eigenvalue weighted by molar-refractivity contribution is 7.89. The van der Waals surface area contributed by atoms with E-state index in [0.717, 1.165) is 0 Å². The summed E-state index contributed by atoms with van der Waals surface area (Å²) in [5.41, 5.74) is 0. The van der Waals surface area contributed by atoms with Crippen molar-refractivity contribution in [2.45, 2.75) is 17.7 Å². The molecule has 0 radical (unpaired) electrons. The Bertz CT molecular complexity index is 525. The second kappa shape index (κ2) is 6.38. The highest BCUT2D eigenvalue weighted by Crippen LogP contribution is 2.28. The van der Waals surface area contributed by atoms with E-state index in [1.165, 1.54) is 18.2 Å². The maximum Gasteiger partial charge on any atom is 0.303 e. The molecule has 0 aromatic heterocycles. The van der Waals surface area contributed by atoms with Crippen molar-refractivity contribution in [2.75, 3.05) is 6.54 Å². The van der Waals surface area contributed by atoms with Gasteiger partial charge in [0.05, 0.1) is 10.0 Å². The van der Waals surface area contributed by atoms with Crippen LogP contribution in [0.15, 0.2) is 23.1 Å². The van der Waals surface area contributed by atoms with Gasteiger partial charge in [-0.3, -0.25) is 4.79 Å². The molecule has 0 saturated heterocycles. The molecule has 1 aromatic rings. The fourth-order valence-electron chi connectivity index (χ4n) is 1.26. The number of aliphatic carboxylic acids is 1. The average molecular weight is 312 g/mol. The minimum Gasteiger partial charge on any atom is -0.481 e. The Morgan fingerprint density at radius 2 is 1.83 bits per heavy atom. The van der Waals surface area contributed by atoms with E-state index in [0.29, 0.717) is 0 Å². The van der Waals surface area contributed by atoms with E-state index in [2.05, 4.69) is 4.72 Å². The first-order chi connectivity index (χ1) is 8.34. The molecule has 0 aliphatic rings. The van der Waals surface area contributed by atoms with Crippen LogP contribution in [-0.2, 0) is 14.8 Å². The van der Waals surface area contributed by atoms with Crippen molar-refractivity contribution in [2.24, 2.45) is 0 Å². The molecule has 18 heavy (non-hydrogen) atoms. The van der Waals surface area contributed by atoms with Crippen LogP contribution in [0, 0.1) is 0 Å². The molecular formula is C10H11Cl2NO4S. The van der Waals surface area contributed by atoms with Crippen molar-refractivity contribution in [3.8, 4) is 0 Å². The lowest BCUT2D eigenvalue weighted by molar-refractivity contribution is -0.137. The zero-order chi connectivity index (χ0) is 13.8. The highest BCUT2D eigenvalue weighted by atomic mass is 35.5. The van der Waals surface area contributed by atoms with Crippen LogP contribution >= 0.6 is 23.2 Å². The summed E-state index contributed by atoms with van der Waals surface area (Å²) in [7, 11) is -3.83. The Balaban J connectivity index is 2.78. The third kappa shape index (κ3) is 4.13. The van der Waals surface area contributed by atoms with Crippen LogP contribution in [0.2, 0.25) is 10.0 Å². The van der Waals surface area contributed by atoms with Gasteiger partial charge >= 0.3 is 5.97 Å². The largest absolute Gasteiger partial charge is 0.481 e. The monoisotopic (exact) mass is 311 g/mol. The first kappa shape index (κ1) is 15.2. The fourth-order valence-corrected chi connectivity index (χ4v) is 3.47. The minimum atomic E-state index is -3.83. The highest BCUT2D eigenvalue weighted by Gasteiger charge is 2.20. The van der Waals surface area contributed by atoms with Crippen molar-refractivity contribution >= 4 is 39.2 Å². The van der Waals surface area contributed by atoms with Crippen LogP contribution in [0.25, 0.3) is 0 Å². The summed E-state index contributed by atoms with van der Waals surface area (Å²) in [5.74, 6) is -0.982. The van der Waals surface area contributed by atoms with Crippen LogP contribution < -0.4 is 4.72 Å². The van der Waals surface area contributed by atoms with Gasteiger partial charge in [-0.05, 0) is 18.6 Å². The summed E-state index contributed by atoms with van der Waals surface area (Å²) in [6, 6.07) is 4.37. The SMILES string of the molecule is O=C(O)CCCNS(=O)(=O)c1c(Cl)cccc1Cl. The van der Waals surface area contributed by atoms with Crippen molar-refractivity contribution < 1.29 is 18.3 Å². The number of hydrogen-bond donors (Lipinski definition) is 2. The summed E-state index contributed by atoms with van der Waals surface area (Å²) in [4.78, 5) is 10.1. The zero-order valence-corrected chi connectivity index (χ0v) is 11.5.